The lowest BCUT2D eigenvalue weighted by Crippen LogP contribution is -2.14. The second-order valence-electron chi connectivity index (χ2n) is 7.98. The van der Waals surface area contributed by atoms with Crippen LogP contribution in [0, 0.1) is 5.41 Å². The summed E-state index contributed by atoms with van der Waals surface area (Å²) in [6.07, 6.45) is 0. The summed E-state index contributed by atoms with van der Waals surface area (Å²) >= 11 is 0. The van der Waals surface area contributed by atoms with Crippen molar-refractivity contribution in [3.05, 3.63) is 102 Å². The van der Waals surface area contributed by atoms with Crippen molar-refractivity contribution < 1.29 is 22.7 Å². The normalized spacial score (nSPS) is 11.0. The Morgan fingerprint density at radius 3 is 2.27 bits per heavy atom. The number of rotatable bonds is 8. The van der Waals surface area contributed by atoms with E-state index in [1.54, 1.807) is 84.9 Å². The van der Waals surface area contributed by atoms with Gasteiger partial charge in [-0.2, -0.15) is 0 Å². The Bertz CT molecular complexity index is 1580. The van der Waals surface area contributed by atoms with Crippen molar-refractivity contribution in [2.75, 3.05) is 12.4 Å². The van der Waals surface area contributed by atoms with E-state index in [0.717, 1.165) is 0 Å². The van der Waals surface area contributed by atoms with Crippen LogP contribution in [0.5, 0.6) is 17.2 Å². The Balaban J connectivity index is 1.60. The second kappa shape index (κ2) is 10.5. The number of amidine groups is 1. The molecule has 0 bridgehead atoms. The van der Waals surface area contributed by atoms with Gasteiger partial charge in [0, 0.05) is 22.8 Å². The smallest absolute Gasteiger partial charge is 0.255 e. The summed E-state index contributed by atoms with van der Waals surface area (Å²) in [7, 11) is -2.41. The van der Waals surface area contributed by atoms with E-state index in [4.69, 9.17) is 25.8 Å². The number of hydrogen-bond donors (Lipinski definition) is 4. The zero-order valence-electron chi connectivity index (χ0n) is 19.8. The van der Waals surface area contributed by atoms with Crippen LogP contribution in [0.1, 0.15) is 15.9 Å². The molecule has 1 amide bonds. The van der Waals surface area contributed by atoms with Gasteiger partial charge in [0.05, 0.1) is 17.7 Å². The van der Waals surface area contributed by atoms with Crippen molar-refractivity contribution in [1.29, 1.82) is 5.41 Å². The Kier molecular flexibility index (Phi) is 7.23. The number of anilines is 1. The van der Waals surface area contributed by atoms with Crippen LogP contribution in [-0.4, -0.2) is 27.3 Å². The van der Waals surface area contributed by atoms with Crippen LogP contribution < -0.4 is 25.7 Å². The Labute approximate surface area is 214 Å². The number of nitrogens with one attached hydrogen (secondary N) is 2. The zero-order valence-corrected chi connectivity index (χ0v) is 20.6. The van der Waals surface area contributed by atoms with E-state index in [1.165, 1.54) is 13.2 Å². The predicted octanol–water partition coefficient (Wildman–Crippen LogP) is 4.34. The van der Waals surface area contributed by atoms with Crippen molar-refractivity contribution in [2.24, 2.45) is 10.9 Å². The summed E-state index contributed by atoms with van der Waals surface area (Å²) in [5.74, 6) is 0.792. The van der Waals surface area contributed by atoms with Gasteiger partial charge in [0.1, 0.15) is 17.3 Å². The number of sulfonamides is 1. The maximum atomic E-state index is 13.1. The lowest BCUT2D eigenvalue weighted by molar-refractivity contribution is 0.102. The minimum Gasteiger partial charge on any atom is -0.497 e. The first-order valence-electron chi connectivity index (χ1n) is 11.0. The molecule has 0 saturated carbocycles. The number of methoxy groups -OCH3 is 1. The lowest BCUT2D eigenvalue weighted by Gasteiger charge is -2.14. The molecule has 37 heavy (non-hydrogen) atoms. The van der Waals surface area contributed by atoms with E-state index < -0.39 is 15.9 Å². The zero-order chi connectivity index (χ0) is 26.6. The summed E-state index contributed by atoms with van der Waals surface area (Å²) < 4.78 is 35.2. The predicted molar refractivity (Wildman–Crippen MR) is 142 cm³/mol. The minimum absolute atomic E-state index is 0.000727. The SMILES string of the molecule is COc1ccc(Oc2cccc(C(=N)N)c2)c(NC(=O)c2ccc(-c3ccccc3S(N)(=O)=O)cc2)c1. The van der Waals surface area contributed by atoms with Crippen LogP contribution in [0.4, 0.5) is 5.69 Å². The van der Waals surface area contributed by atoms with E-state index in [-0.39, 0.29) is 10.7 Å². The van der Waals surface area contributed by atoms with Crippen LogP contribution in [0.15, 0.2) is 95.9 Å². The van der Waals surface area contributed by atoms with Crippen LogP contribution in [0.3, 0.4) is 0 Å². The van der Waals surface area contributed by atoms with Gasteiger partial charge in [0.25, 0.3) is 5.91 Å². The standard InChI is InChI=1S/C27H24N4O5S/c1-35-20-13-14-24(36-21-6-4-5-19(15-21)26(28)29)23(16-20)31-27(32)18-11-9-17(10-12-18)22-7-2-3-8-25(22)37(30,33)34/h2-16H,1H3,(H3,28,29)(H,31,32)(H2,30,33,34). The molecule has 0 aliphatic carbocycles. The van der Waals surface area contributed by atoms with Gasteiger partial charge < -0.3 is 20.5 Å². The number of carbonyl (C=O) groups is 1. The number of hydrogen-bond acceptors (Lipinski definition) is 6. The van der Waals surface area contributed by atoms with Gasteiger partial charge in [-0.25, -0.2) is 13.6 Å². The van der Waals surface area contributed by atoms with Gasteiger partial charge in [-0.15, -0.1) is 0 Å². The molecule has 0 heterocycles. The fourth-order valence-corrected chi connectivity index (χ4v) is 4.39. The summed E-state index contributed by atoms with van der Waals surface area (Å²) in [4.78, 5) is 13.1. The highest BCUT2D eigenvalue weighted by atomic mass is 32.2. The van der Waals surface area contributed by atoms with Crippen molar-refractivity contribution in [3.63, 3.8) is 0 Å². The summed E-state index contributed by atoms with van der Waals surface area (Å²) in [5, 5.41) is 15.8. The third-order valence-corrected chi connectivity index (χ3v) is 6.43. The molecule has 6 N–H and O–H groups in total. The molecular formula is C27H24N4O5S. The first-order valence-corrected chi connectivity index (χ1v) is 12.5. The molecule has 0 saturated heterocycles. The Hall–Kier alpha value is -4.67. The van der Waals surface area contributed by atoms with Gasteiger partial charge in [-0.05, 0) is 48.0 Å². The molecule has 4 aromatic carbocycles. The maximum absolute atomic E-state index is 13.1. The fraction of sp³-hybridized carbons (Fsp3) is 0.0370. The van der Waals surface area contributed by atoms with Crippen LogP contribution in [0.25, 0.3) is 11.1 Å². The molecule has 0 aliphatic rings. The average Bonchev–Trinajstić information content (AvgIpc) is 2.89. The van der Waals surface area contributed by atoms with Gasteiger partial charge in [0.2, 0.25) is 10.0 Å². The molecular weight excluding hydrogens is 492 g/mol. The minimum atomic E-state index is -3.92. The van der Waals surface area contributed by atoms with E-state index >= 15 is 0 Å². The van der Waals surface area contributed by atoms with Crippen LogP contribution in [0.2, 0.25) is 0 Å². The monoisotopic (exact) mass is 516 g/mol. The first kappa shape index (κ1) is 25.4. The van der Waals surface area contributed by atoms with Crippen molar-refractivity contribution in [1.82, 2.24) is 0 Å². The number of nitrogen functional groups attached to an aromatic ring is 1. The molecule has 10 heteroatoms. The first-order chi connectivity index (χ1) is 17.7. The molecule has 0 spiro atoms. The molecule has 0 atom stereocenters. The number of primary sulfonamides is 1. The van der Waals surface area contributed by atoms with Crippen molar-refractivity contribution >= 4 is 27.5 Å². The molecule has 188 valence electrons. The van der Waals surface area contributed by atoms with Gasteiger partial charge in [-0.1, -0.05) is 42.5 Å². The molecule has 0 radical (unpaired) electrons. The maximum Gasteiger partial charge on any atom is 0.255 e. The summed E-state index contributed by atoms with van der Waals surface area (Å²) in [6.45, 7) is 0. The number of benzene rings is 4. The summed E-state index contributed by atoms with van der Waals surface area (Å²) in [5.41, 5.74) is 7.80. The highest BCUT2D eigenvalue weighted by Gasteiger charge is 2.16. The van der Waals surface area contributed by atoms with E-state index in [2.05, 4.69) is 5.32 Å². The van der Waals surface area contributed by atoms with Crippen molar-refractivity contribution in [2.45, 2.75) is 4.90 Å². The third kappa shape index (κ3) is 5.95. The van der Waals surface area contributed by atoms with Crippen LogP contribution in [-0.2, 0) is 10.0 Å². The Morgan fingerprint density at radius 2 is 1.59 bits per heavy atom. The fourth-order valence-electron chi connectivity index (χ4n) is 3.63. The molecule has 0 aliphatic heterocycles. The van der Waals surface area contributed by atoms with Crippen LogP contribution >= 0.6 is 0 Å². The molecule has 4 aromatic rings. The molecule has 0 aromatic heterocycles. The Morgan fingerprint density at radius 1 is 0.865 bits per heavy atom. The number of ether oxygens (including phenoxy) is 2. The largest absolute Gasteiger partial charge is 0.497 e. The van der Waals surface area contributed by atoms with E-state index in [1.807, 2.05) is 0 Å². The second-order valence-corrected chi connectivity index (χ2v) is 9.51. The molecule has 0 unspecified atom stereocenters. The third-order valence-electron chi connectivity index (χ3n) is 5.46. The lowest BCUT2D eigenvalue weighted by atomic mass is 10.0. The number of carbonyl (C=O) groups excluding carboxylic acids is 1. The number of amides is 1. The van der Waals surface area contributed by atoms with Gasteiger partial charge >= 0.3 is 0 Å². The molecule has 0 fully saturated rings. The molecule has 4 rings (SSSR count). The quantitative estimate of drug-likeness (QED) is 0.201. The molecule has 9 nitrogen and oxygen atoms in total. The van der Waals surface area contributed by atoms with Crippen molar-refractivity contribution in [3.8, 4) is 28.4 Å². The van der Waals surface area contributed by atoms with Gasteiger partial charge in [-0.3, -0.25) is 10.2 Å². The highest BCUT2D eigenvalue weighted by molar-refractivity contribution is 7.89. The summed E-state index contributed by atoms with van der Waals surface area (Å²) in [6, 6.07) is 24.6. The topological polar surface area (TPSA) is 158 Å². The number of nitrogens with two attached hydrogens (primary N) is 2. The van der Waals surface area contributed by atoms with E-state index in [0.29, 0.717) is 45.2 Å². The highest BCUT2D eigenvalue weighted by Crippen LogP contribution is 2.34. The van der Waals surface area contributed by atoms with Gasteiger partial charge in [0.15, 0.2) is 5.75 Å². The average molecular weight is 517 g/mol. The van der Waals surface area contributed by atoms with E-state index in [9.17, 15) is 13.2 Å².